The smallest absolute Gasteiger partial charge is 0.254 e. The third-order valence-corrected chi connectivity index (χ3v) is 4.02. The van der Waals surface area contributed by atoms with Crippen molar-refractivity contribution in [1.82, 2.24) is 4.90 Å². The van der Waals surface area contributed by atoms with Crippen molar-refractivity contribution in [2.45, 2.75) is 12.5 Å². The third-order valence-electron chi connectivity index (χ3n) is 4.02. The number of rotatable bonds is 3. The van der Waals surface area contributed by atoms with Gasteiger partial charge in [-0.3, -0.25) is 14.9 Å². The standard InChI is InChI=1S/C17H16N2O3/c20-17(14-7-2-1-3-8-14)18-11-10-13-6-4-5-9-15(13)16(18)12-19(21)22/h1-9,16H,10-12H2. The number of hydrogen-bond acceptors (Lipinski definition) is 3. The maximum atomic E-state index is 12.7. The fraction of sp³-hybridized carbons (Fsp3) is 0.235. The van der Waals surface area contributed by atoms with Gasteiger partial charge in [0.15, 0.2) is 0 Å². The molecule has 0 radical (unpaired) electrons. The molecule has 0 fully saturated rings. The Morgan fingerprint density at radius 1 is 1.14 bits per heavy atom. The van der Waals surface area contributed by atoms with Gasteiger partial charge in [-0.05, 0) is 29.7 Å². The van der Waals surface area contributed by atoms with Gasteiger partial charge in [0, 0.05) is 17.0 Å². The molecule has 0 N–H and O–H groups in total. The second kappa shape index (κ2) is 5.97. The van der Waals surface area contributed by atoms with E-state index in [2.05, 4.69) is 0 Å². The van der Waals surface area contributed by atoms with E-state index in [4.69, 9.17) is 0 Å². The zero-order chi connectivity index (χ0) is 15.5. The highest BCUT2D eigenvalue weighted by Gasteiger charge is 2.34. The van der Waals surface area contributed by atoms with E-state index >= 15 is 0 Å². The molecule has 1 aliphatic rings. The molecular weight excluding hydrogens is 280 g/mol. The first kappa shape index (κ1) is 14.3. The molecule has 1 amide bonds. The largest absolute Gasteiger partial charge is 0.325 e. The number of carbonyl (C=O) groups excluding carboxylic acids is 1. The van der Waals surface area contributed by atoms with Crippen molar-refractivity contribution in [2.75, 3.05) is 13.1 Å². The van der Waals surface area contributed by atoms with E-state index in [0.29, 0.717) is 12.1 Å². The van der Waals surface area contributed by atoms with Crippen molar-refractivity contribution in [3.8, 4) is 0 Å². The first-order valence-corrected chi connectivity index (χ1v) is 7.22. The van der Waals surface area contributed by atoms with Crippen LogP contribution in [0.3, 0.4) is 0 Å². The lowest BCUT2D eigenvalue weighted by Crippen LogP contribution is -2.42. The molecule has 0 spiro atoms. The van der Waals surface area contributed by atoms with Gasteiger partial charge in [-0.25, -0.2) is 0 Å². The lowest BCUT2D eigenvalue weighted by molar-refractivity contribution is -0.487. The first-order valence-electron chi connectivity index (χ1n) is 7.22. The monoisotopic (exact) mass is 296 g/mol. The highest BCUT2D eigenvalue weighted by atomic mass is 16.6. The number of nitrogens with zero attached hydrogens (tertiary/aromatic N) is 2. The molecule has 0 aromatic heterocycles. The second-order valence-electron chi connectivity index (χ2n) is 5.34. The molecule has 3 rings (SSSR count). The van der Waals surface area contributed by atoms with Gasteiger partial charge in [0.25, 0.3) is 5.91 Å². The van der Waals surface area contributed by atoms with E-state index in [-0.39, 0.29) is 17.4 Å². The molecule has 2 aromatic rings. The normalized spacial score (nSPS) is 16.9. The molecule has 0 saturated carbocycles. The Morgan fingerprint density at radius 2 is 1.82 bits per heavy atom. The third kappa shape index (κ3) is 2.70. The van der Waals surface area contributed by atoms with Crippen LogP contribution in [0.1, 0.15) is 27.5 Å². The average molecular weight is 296 g/mol. The summed E-state index contributed by atoms with van der Waals surface area (Å²) in [7, 11) is 0. The van der Waals surface area contributed by atoms with Crippen molar-refractivity contribution in [3.63, 3.8) is 0 Å². The Kier molecular flexibility index (Phi) is 3.87. The van der Waals surface area contributed by atoms with E-state index in [9.17, 15) is 14.9 Å². The zero-order valence-corrected chi connectivity index (χ0v) is 12.0. The average Bonchev–Trinajstić information content (AvgIpc) is 2.55. The van der Waals surface area contributed by atoms with Crippen LogP contribution < -0.4 is 0 Å². The Bertz CT molecular complexity index is 700. The second-order valence-corrected chi connectivity index (χ2v) is 5.34. The molecular formula is C17H16N2O3. The summed E-state index contributed by atoms with van der Waals surface area (Å²) in [5.41, 5.74) is 2.54. The van der Waals surface area contributed by atoms with Crippen LogP contribution in [0.15, 0.2) is 54.6 Å². The highest BCUT2D eigenvalue weighted by molar-refractivity contribution is 5.94. The van der Waals surface area contributed by atoms with E-state index in [1.54, 1.807) is 29.2 Å². The summed E-state index contributed by atoms with van der Waals surface area (Å²) < 4.78 is 0. The van der Waals surface area contributed by atoms with Crippen LogP contribution >= 0.6 is 0 Å². The minimum absolute atomic E-state index is 0.151. The Balaban J connectivity index is 1.97. The number of carbonyl (C=O) groups is 1. The van der Waals surface area contributed by atoms with Gasteiger partial charge in [-0.15, -0.1) is 0 Å². The Hall–Kier alpha value is -2.69. The van der Waals surface area contributed by atoms with Gasteiger partial charge in [0.2, 0.25) is 6.54 Å². The van der Waals surface area contributed by atoms with Crippen LogP contribution in [0.4, 0.5) is 0 Å². The fourth-order valence-electron chi connectivity index (χ4n) is 2.98. The van der Waals surface area contributed by atoms with Gasteiger partial charge in [-0.2, -0.15) is 0 Å². The fourth-order valence-corrected chi connectivity index (χ4v) is 2.98. The minimum Gasteiger partial charge on any atom is -0.325 e. The zero-order valence-electron chi connectivity index (χ0n) is 12.0. The topological polar surface area (TPSA) is 63.5 Å². The summed E-state index contributed by atoms with van der Waals surface area (Å²) >= 11 is 0. The summed E-state index contributed by atoms with van der Waals surface area (Å²) in [4.78, 5) is 25.0. The van der Waals surface area contributed by atoms with E-state index < -0.39 is 6.04 Å². The number of benzene rings is 2. The molecule has 1 aliphatic heterocycles. The molecule has 112 valence electrons. The molecule has 5 nitrogen and oxygen atoms in total. The van der Waals surface area contributed by atoms with Crippen LogP contribution in [0.25, 0.3) is 0 Å². The van der Waals surface area contributed by atoms with Crippen LogP contribution in [0.2, 0.25) is 0 Å². The Labute approximate surface area is 128 Å². The van der Waals surface area contributed by atoms with Crippen molar-refractivity contribution in [2.24, 2.45) is 0 Å². The van der Waals surface area contributed by atoms with E-state index in [1.165, 1.54) is 0 Å². The predicted octanol–water partition coefficient (Wildman–Crippen LogP) is 2.70. The van der Waals surface area contributed by atoms with Crippen molar-refractivity contribution >= 4 is 5.91 Å². The SMILES string of the molecule is O=C(c1ccccc1)N1CCc2ccccc2C1C[N+](=O)[O-]. The molecule has 2 aromatic carbocycles. The summed E-state index contributed by atoms with van der Waals surface area (Å²) in [5, 5.41) is 11.0. The molecule has 1 unspecified atom stereocenters. The molecule has 0 aliphatic carbocycles. The number of hydrogen-bond donors (Lipinski definition) is 0. The van der Waals surface area contributed by atoms with Crippen LogP contribution in [-0.2, 0) is 6.42 Å². The van der Waals surface area contributed by atoms with Gasteiger partial charge >= 0.3 is 0 Å². The summed E-state index contributed by atoms with van der Waals surface area (Å²) in [6.45, 7) is 0.235. The molecule has 5 heteroatoms. The minimum atomic E-state index is -0.507. The lowest BCUT2D eigenvalue weighted by atomic mass is 9.92. The summed E-state index contributed by atoms with van der Waals surface area (Å²) in [6.07, 6.45) is 0.725. The predicted molar refractivity (Wildman–Crippen MR) is 82.2 cm³/mol. The van der Waals surface area contributed by atoms with Gasteiger partial charge < -0.3 is 4.90 Å². The van der Waals surface area contributed by atoms with Crippen molar-refractivity contribution < 1.29 is 9.72 Å². The maximum absolute atomic E-state index is 12.7. The first-order chi connectivity index (χ1) is 10.7. The van der Waals surface area contributed by atoms with Gasteiger partial charge in [-0.1, -0.05) is 42.5 Å². The molecule has 0 saturated heterocycles. The van der Waals surface area contributed by atoms with Gasteiger partial charge in [0.05, 0.1) is 0 Å². The molecule has 22 heavy (non-hydrogen) atoms. The van der Waals surface area contributed by atoms with Crippen LogP contribution in [0, 0.1) is 10.1 Å². The molecule has 0 bridgehead atoms. The summed E-state index contributed by atoms with van der Waals surface area (Å²) in [5.74, 6) is -0.151. The maximum Gasteiger partial charge on any atom is 0.254 e. The number of amides is 1. The number of nitro groups is 1. The summed E-state index contributed by atoms with van der Waals surface area (Å²) in [6, 6.07) is 16.1. The van der Waals surface area contributed by atoms with E-state index in [1.807, 2.05) is 30.3 Å². The van der Waals surface area contributed by atoms with Crippen molar-refractivity contribution in [1.29, 1.82) is 0 Å². The lowest BCUT2D eigenvalue weighted by Gasteiger charge is -2.35. The van der Waals surface area contributed by atoms with Crippen LogP contribution in [0.5, 0.6) is 0 Å². The number of fused-ring (bicyclic) bond motifs is 1. The highest BCUT2D eigenvalue weighted by Crippen LogP contribution is 2.31. The molecule has 1 heterocycles. The van der Waals surface area contributed by atoms with E-state index in [0.717, 1.165) is 17.5 Å². The van der Waals surface area contributed by atoms with Crippen molar-refractivity contribution in [3.05, 3.63) is 81.4 Å². The molecule has 1 atom stereocenters. The quantitative estimate of drug-likeness (QED) is 0.646. The van der Waals surface area contributed by atoms with Gasteiger partial charge in [0.1, 0.15) is 6.04 Å². The Morgan fingerprint density at radius 3 is 2.55 bits per heavy atom. The van der Waals surface area contributed by atoms with Crippen LogP contribution in [-0.4, -0.2) is 28.8 Å².